The molecule has 1 amide bonds. The van der Waals surface area contributed by atoms with Gasteiger partial charge in [0.15, 0.2) is 4.80 Å². The number of hydrogen-bond donors (Lipinski definition) is 1. The molecule has 1 atom stereocenters. The fraction of sp³-hybridized carbons (Fsp3) is 0.500. The van der Waals surface area contributed by atoms with E-state index in [1.54, 1.807) is 26.0 Å². The molecule has 1 saturated heterocycles. The van der Waals surface area contributed by atoms with Gasteiger partial charge in [-0.05, 0) is 39.0 Å². The molecule has 2 heterocycles. The van der Waals surface area contributed by atoms with Crippen LogP contribution >= 0.6 is 22.9 Å². The molecule has 1 fully saturated rings. The van der Waals surface area contributed by atoms with Crippen molar-refractivity contribution >= 4 is 28.8 Å². The minimum atomic E-state index is -1.06. The maximum absolute atomic E-state index is 12.9. The first-order valence-corrected chi connectivity index (χ1v) is 10.4. The molecule has 2 aromatic rings. The molecule has 0 radical (unpaired) electrons. The molecule has 1 aromatic carbocycles. The highest BCUT2D eigenvalue weighted by atomic mass is 35.5. The molecule has 1 aromatic heterocycles. The molecule has 0 saturated carbocycles. The van der Waals surface area contributed by atoms with Crippen LogP contribution < -0.4 is 9.54 Å². The summed E-state index contributed by atoms with van der Waals surface area (Å²) in [5.74, 6) is -0.0721. The number of hydrogen-bond acceptors (Lipinski definition) is 6. The number of aromatic nitrogens is 1. The van der Waals surface area contributed by atoms with Crippen molar-refractivity contribution in [1.82, 2.24) is 4.57 Å². The van der Waals surface area contributed by atoms with E-state index in [1.165, 1.54) is 24.5 Å². The Labute approximate surface area is 178 Å². The lowest BCUT2D eigenvalue weighted by Gasteiger charge is -2.24. The standard InChI is InChI=1S/C20H25ClN2O5S/c1-12-17(20(2,3)25)29-19(23(12)10-14-11-27-7-8-28-14)22-18(24)15-9-13(21)5-6-16(15)26-4/h5-6,9,14,25H,7-8,10-11H2,1-4H3/b22-19-. The van der Waals surface area contributed by atoms with Crippen molar-refractivity contribution < 1.29 is 24.1 Å². The molecule has 158 valence electrons. The summed E-state index contributed by atoms with van der Waals surface area (Å²) < 4.78 is 18.4. The fourth-order valence-electron chi connectivity index (χ4n) is 3.19. The van der Waals surface area contributed by atoms with Gasteiger partial charge in [-0.3, -0.25) is 4.79 Å². The Kier molecular flexibility index (Phi) is 6.80. The summed E-state index contributed by atoms with van der Waals surface area (Å²) in [6, 6.07) is 4.82. The zero-order valence-corrected chi connectivity index (χ0v) is 18.5. The molecule has 0 aliphatic carbocycles. The topological polar surface area (TPSA) is 82.3 Å². The predicted molar refractivity (Wildman–Crippen MR) is 111 cm³/mol. The Morgan fingerprint density at radius 2 is 2.21 bits per heavy atom. The smallest absolute Gasteiger partial charge is 0.283 e. The van der Waals surface area contributed by atoms with Crippen LogP contribution in [0.1, 0.15) is 34.8 Å². The van der Waals surface area contributed by atoms with Crippen LogP contribution in [-0.4, -0.2) is 48.6 Å². The summed E-state index contributed by atoms with van der Waals surface area (Å²) in [6.45, 7) is 7.36. The van der Waals surface area contributed by atoms with E-state index >= 15 is 0 Å². The number of carbonyl (C=O) groups excluding carboxylic acids is 1. The van der Waals surface area contributed by atoms with Crippen LogP contribution in [0.15, 0.2) is 23.2 Å². The van der Waals surface area contributed by atoms with Crippen molar-refractivity contribution in [2.45, 2.75) is 39.0 Å². The number of thiazole rings is 1. The van der Waals surface area contributed by atoms with E-state index < -0.39 is 11.5 Å². The first-order valence-electron chi connectivity index (χ1n) is 9.25. The van der Waals surface area contributed by atoms with Gasteiger partial charge < -0.3 is 23.9 Å². The number of aliphatic hydroxyl groups is 1. The fourth-order valence-corrected chi connectivity index (χ4v) is 4.50. The van der Waals surface area contributed by atoms with Crippen molar-refractivity contribution in [3.8, 4) is 5.75 Å². The van der Waals surface area contributed by atoms with Crippen LogP contribution in [-0.2, 0) is 21.6 Å². The maximum atomic E-state index is 12.9. The Hall–Kier alpha value is -1.71. The van der Waals surface area contributed by atoms with Gasteiger partial charge >= 0.3 is 0 Å². The highest BCUT2D eigenvalue weighted by Crippen LogP contribution is 2.27. The molecule has 1 aliphatic rings. The summed E-state index contributed by atoms with van der Waals surface area (Å²) in [7, 11) is 1.49. The second-order valence-corrected chi connectivity index (χ2v) is 8.71. The van der Waals surface area contributed by atoms with Crippen LogP contribution in [0.5, 0.6) is 5.75 Å². The number of amides is 1. The third kappa shape index (κ3) is 5.07. The van der Waals surface area contributed by atoms with E-state index in [9.17, 15) is 9.90 Å². The summed E-state index contributed by atoms with van der Waals surface area (Å²) in [5.41, 5.74) is 0.0475. The van der Waals surface area contributed by atoms with Gasteiger partial charge in [-0.2, -0.15) is 4.99 Å². The SMILES string of the molecule is COc1ccc(Cl)cc1C(=O)/N=c1\sc(C(C)(C)O)c(C)n1CC1COCCO1. The lowest BCUT2D eigenvalue weighted by molar-refractivity contribution is -0.0940. The van der Waals surface area contributed by atoms with E-state index in [4.69, 9.17) is 25.8 Å². The minimum absolute atomic E-state index is 0.151. The van der Waals surface area contributed by atoms with E-state index in [0.717, 1.165) is 10.6 Å². The molecular weight excluding hydrogens is 416 g/mol. The van der Waals surface area contributed by atoms with Crippen LogP contribution in [0, 0.1) is 6.92 Å². The summed E-state index contributed by atoms with van der Waals surface area (Å²) in [5, 5.41) is 11.0. The van der Waals surface area contributed by atoms with Gasteiger partial charge in [0.05, 0.1) is 55.6 Å². The molecule has 3 rings (SSSR count). The molecule has 1 aliphatic heterocycles. The normalized spacial score (nSPS) is 18.1. The summed E-state index contributed by atoms with van der Waals surface area (Å²) >= 11 is 7.33. The first-order chi connectivity index (χ1) is 13.7. The van der Waals surface area contributed by atoms with Crippen molar-refractivity contribution in [2.24, 2.45) is 4.99 Å². The second-order valence-electron chi connectivity index (χ2n) is 7.30. The van der Waals surface area contributed by atoms with Gasteiger partial charge in [0.25, 0.3) is 5.91 Å². The number of ether oxygens (including phenoxy) is 3. The first kappa shape index (κ1) is 22.0. The van der Waals surface area contributed by atoms with Crippen molar-refractivity contribution in [3.63, 3.8) is 0 Å². The van der Waals surface area contributed by atoms with E-state index in [-0.39, 0.29) is 11.7 Å². The predicted octanol–water partition coefficient (Wildman–Crippen LogP) is 2.90. The Bertz CT molecular complexity index is 955. The molecular formula is C20H25ClN2O5S. The minimum Gasteiger partial charge on any atom is -0.496 e. The van der Waals surface area contributed by atoms with E-state index in [0.29, 0.717) is 41.9 Å². The van der Waals surface area contributed by atoms with Gasteiger partial charge in [-0.15, -0.1) is 0 Å². The molecule has 0 bridgehead atoms. The third-order valence-corrected chi connectivity index (χ3v) is 6.30. The Morgan fingerprint density at radius 1 is 1.45 bits per heavy atom. The molecule has 1 unspecified atom stereocenters. The number of halogens is 1. The molecule has 1 N–H and O–H groups in total. The monoisotopic (exact) mass is 440 g/mol. The molecule has 29 heavy (non-hydrogen) atoms. The van der Waals surface area contributed by atoms with Gasteiger partial charge in [0.2, 0.25) is 0 Å². The number of rotatable bonds is 5. The molecule has 9 heteroatoms. The average molecular weight is 441 g/mol. The van der Waals surface area contributed by atoms with Crippen molar-refractivity contribution in [2.75, 3.05) is 26.9 Å². The quantitative estimate of drug-likeness (QED) is 0.773. The highest BCUT2D eigenvalue weighted by molar-refractivity contribution is 7.09. The van der Waals surface area contributed by atoms with E-state index in [2.05, 4.69) is 4.99 Å². The van der Waals surface area contributed by atoms with Crippen LogP contribution in [0.3, 0.4) is 0 Å². The number of methoxy groups -OCH3 is 1. The van der Waals surface area contributed by atoms with E-state index in [1.807, 2.05) is 11.5 Å². The Morgan fingerprint density at radius 3 is 2.83 bits per heavy atom. The summed E-state index contributed by atoms with van der Waals surface area (Å²) in [4.78, 5) is 18.5. The lowest BCUT2D eigenvalue weighted by Crippen LogP contribution is -2.35. The second kappa shape index (κ2) is 8.97. The van der Waals surface area contributed by atoms with Gasteiger partial charge in [-0.1, -0.05) is 22.9 Å². The van der Waals surface area contributed by atoms with Crippen LogP contribution in [0.25, 0.3) is 0 Å². The largest absolute Gasteiger partial charge is 0.496 e. The zero-order valence-electron chi connectivity index (χ0n) is 16.9. The van der Waals surface area contributed by atoms with Crippen molar-refractivity contribution in [1.29, 1.82) is 0 Å². The Balaban J connectivity index is 2.07. The zero-order chi connectivity index (χ0) is 21.2. The van der Waals surface area contributed by atoms with Crippen LogP contribution in [0.2, 0.25) is 5.02 Å². The van der Waals surface area contributed by atoms with Crippen molar-refractivity contribution in [3.05, 3.63) is 44.2 Å². The third-order valence-electron chi connectivity index (χ3n) is 4.57. The highest BCUT2D eigenvalue weighted by Gasteiger charge is 2.26. The van der Waals surface area contributed by atoms with Gasteiger partial charge in [0.1, 0.15) is 5.75 Å². The maximum Gasteiger partial charge on any atom is 0.283 e. The lowest BCUT2D eigenvalue weighted by atomic mass is 10.1. The summed E-state index contributed by atoms with van der Waals surface area (Å²) in [6.07, 6.45) is -0.151. The molecule has 7 nitrogen and oxygen atoms in total. The molecule has 0 spiro atoms. The van der Waals surface area contributed by atoms with Gasteiger partial charge in [-0.25, -0.2) is 0 Å². The number of benzene rings is 1. The average Bonchev–Trinajstić information content (AvgIpc) is 2.98. The van der Waals surface area contributed by atoms with Crippen LogP contribution in [0.4, 0.5) is 0 Å². The van der Waals surface area contributed by atoms with Gasteiger partial charge in [0, 0.05) is 10.7 Å². The number of carbonyl (C=O) groups is 1. The number of nitrogens with zero attached hydrogens (tertiary/aromatic N) is 2.